The topological polar surface area (TPSA) is 181 Å². The molecule has 1 aromatic rings. The van der Waals surface area contributed by atoms with Gasteiger partial charge in [0.1, 0.15) is 29.6 Å². The number of phosphoric acid groups is 1. The van der Waals surface area contributed by atoms with Gasteiger partial charge in [0.15, 0.2) is 11.0 Å². The molecule has 1 spiro atoms. The third-order valence-electron chi connectivity index (χ3n) is 7.44. The highest BCUT2D eigenvalue weighted by atomic mass is 32.2. The smallest absolute Gasteiger partial charge is 0.387 e. The second-order valence-corrected chi connectivity index (χ2v) is 12.0. The number of aliphatic imine (C=N–C) groups is 1. The van der Waals surface area contributed by atoms with Gasteiger partial charge in [-0.2, -0.15) is 0 Å². The van der Waals surface area contributed by atoms with Gasteiger partial charge in [0.05, 0.1) is 12.3 Å². The Labute approximate surface area is 201 Å². The highest BCUT2D eigenvalue weighted by Gasteiger charge is 2.68. The molecule has 0 radical (unpaired) electrons. The van der Waals surface area contributed by atoms with Gasteiger partial charge in [0.2, 0.25) is 0 Å². The summed E-state index contributed by atoms with van der Waals surface area (Å²) in [6.07, 6.45) is 5.81. The van der Waals surface area contributed by atoms with Crippen molar-refractivity contribution in [2.24, 2.45) is 16.8 Å². The van der Waals surface area contributed by atoms with E-state index in [0.717, 1.165) is 11.4 Å². The normalized spacial score (nSPS) is 35.2. The molecule has 6 atom stereocenters. The maximum atomic E-state index is 11.0. The lowest BCUT2D eigenvalue weighted by Crippen LogP contribution is -2.35. The largest absolute Gasteiger partial charge is 0.469 e. The summed E-state index contributed by atoms with van der Waals surface area (Å²) in [6.45, 7) is -0.504. The predicted octanol–water partition coefficient (Wildman–Crippen LogP) is 1.91. The maximum Gasteiger partial charge on any atom is 0.469 e. The van der Waals surface area contributed by atoms with Crippen LogP contribution in [0, 0.1) is 11.8 Å². The molecule has 0 aromatic carbocycles. The quantitative estimate of drug-likeness (QED) is 0.194. The highest BCUT2D eigenvalue weighted by Crippen LogP contribution is 2.59. The molecule has 4 aliphatic rings. The van der Waals surface area contributed by atoms with Gasteiger partial charge >= 0.3 is 7.82 Å². The molecule has 6 N–H and O–H groups in total. The van der Waals surface area contributed by atoms with Crippen LogP contribution in [0.2, 0.25) is 0 Å². The Balaban J connectivity index is 1.23. The van der Waals surface area contributed by atoms with Crippen molar-refractivity contribution in [2.45, 2.75) is 79.9 Å². The molecule has 2 aliphatic heterocycles. The Morgan fingerprint density at radius 1 is 1.24 bits per heavy atom. The van der Waals surface area contributed by atoms with Crippen LogP contribution in [0.5, 0.6) is 0 Å². The Hall–Kier alpha value is -1.11. The van der Waals surface area contributed by atoms with E-state index >= 15 is 0 Å². The summed E-state index contributed by atoms with van der Waals surface area (Å²) >= 11 is 1.64. The number of nitrogens with two attached hydrogens (primary N) is 1. The summed E-state index contributed by atoms with van der Waals surface area (Å²) in [4.78, 5) is 31.5. The first kappa shape index (κ1) is 24.6. The van der Waals surface area contributed by atoms with E-state index in [9.17, 15) is 14.8 Å². The molecule has 5 rings (SSSR count). The van der Waals surface area contributed by atoms with Crippen molar-refractivity contribution in [3.63, 3.8) is 0 Å². The number of hydrogen-bond acceptors (Lipinski definition) is 10. The summed E-state index contributed by atoms with van der Waals surface area (Å²) in [6, 6.07) is 0. The average Bonchev–Trinajstić information content (AvgIpc) is 3.24. The number of phosphoric ester groups is 1. The number of nitrogen functional groups attached to an aromatic ring is 1. The molecule has 1 aromatic heterocycles. The van der Waals surface area contributed by atoms with Crippen LogP contribution in [-0.4, -0.2) is 72.5 Å². The molecule has 11 nitrogen and oxygen atoms in total. The monoisotopic (exact) mass is 514 g/mol. The molecule has 3 fully saturated rings. The van der Waals surface area contributed by atoms with Gasteiger partial charge in [0.25, 0.3) is 0 Å². The molecular weight excluding hydrogens is 483 g/mol. The second-order valence-electron chi connectivity index (χ2n) is 9.79. The molecule has 3 heterocycles. The number of thioether (sulfide) groups is 1. The van der Waals surface area contributed by atoms with Crippen LogP contribution in [0.4, 0.5) is 11.5 Å². The van der Waals surface area contributed by atoms with Gasteiger partial charge in [-0.1, -0.05) is 31.0 Å². The van der Waals surface area contributed by atoms with Crippen LogP contribution < -0.4 is 5.73 Å². The van der Waals surface area contributed by atoms with Crippen LogP contribution in [-0.2, 0) is 13.8 Å². The van der Waals surface area contributed by atoms with Gasteiger partial charge in [-0.3, -0.25) is 9.52 Å². The predicted molar refractivity (Wildman–Crippen MR) is 125 cm³/mol. The van der Waals surface area contributed by atoms with Crippen molar-refractivity contribution >= 4 is 37.3 Å². The zero-order valence-electron chi connectivity index (χ0n) is 18.7. The third kappa shape index (κ3) is 4.92. The summed E-state index contributed by atoms with van der Waals surface area (Å²) < 4.78 is 21.3. The van der Waals surface area contributed by atoms with E-state index in [0.29, 0.717) is 35.4 Å². The first-order valence-corrected chi connectivity index (χ1v) is 14.3. The summed E-state index contributed by atoms with van der Waals surface area (Å²) in [5.41, 5.74) is 6.58. The van der Waals surface area contributed by atoms with Gasteiger partial charge in [0, 0.05) is 17.9 Å². The van der Waals surface area contributed by atoms with Crippen molar-refractivity contribution in [3.8, 4) is 0 Å². The summed E-state index contributed by atoms with van der Waals surface area (Å²) in [7, 11) is -4.70. The second kappa shape index (κ2) is 9.40. The molecule has 1 saturated heterocycles. The zero-order valence-corrected chi connectivity index (χ0v) is 20.4. The van der Waals surface area contributed by atoms with E-state index < -0.39 is 38.3 Å². The average molecular weight is 515 g/mol. The number of anilines is 1. The minimum Gasteiger partial charge on any atom is -0.387 e. The van der Waals surface area contributed by atoms with Gasteiger partial charge in [-0.05, 0) is 37.5 Å². The summed E-state index contributed by atoms with van der Waals surface area (Å²) in [5, 5.41) is 21.6. The number of nitrogens with zero attached hydrogens (tertiary/aromatic N) is 3. The first-order chi connectivity index (χ1) is 16.2. The first-order valence-electron chi connectivity index (χ1n) is 11.7. The van der Waals surface area contributed by atoms with E-state index in [2.05, 4.69) is 14.5 Å². The molecule has 34 heavy (non-hydrogen) atoms. The molecule has 1 unspecified atom stereocenters. The number of rotatable bonds is 8. The fourth-order valence-corrected chi connectivity index (χ4v) is 6.90. The summed E-state index contributed by atoms with van der Waals surface area (Å²) in [5.74, 6) is 1.84. The lowest BCUT2D eigenvalue weighted by molar-refractivity contribution is -0.0407. The van der Waals surface area contributed by atoms with Crippen molar-refractivity contribution in [3.05, 3.63) is 5.69 Å². The number of aromatic nitrogens is 2. The van der Waals surface area contributed by atoms with Crippen LogP contribution in [0.3, 0.4) is 0 Å². The number of fused-ring (bicyclic) bond motifs is 1. The standard InChI is InChI=1S/C21H31N4O7PS/c22-19-16-15(24-20(25-19)34-10-11-4-2-1-3-5-11)12(8-23-16)6-13-7-21(13)18(27)17(26)14(32-21)9-31-33(28,29)30/h8,11-14,17-18,26-27H,1-7,9-10H2,(H2,22,24,25)(H2,28,29,30)/t12?,13-,14+,17+,18+,21+/m0/s1. The zero-order chi connectivity index (χ0) is 24.1. The van der Waals surface area contributed by atoms with Crippen LogP contribution in [0.1, 0.15) is 56.6 Å². The van der Waals surface area contributed by atoms with Crippen LogP contribution >= 0.6 is 19.6 Å². The molecule has 188 valence electrons. The minimum absolute atomic E-state index is 0.0749. The Morgan fingerprint density at radius 3 is 2.74 bits per heavy atom. The minimum atomic E-state index is -4.70. The number of hydrogen-bond donors (Lipinski definition) is 5. The molecule has 2 saturated carbocycles. The van der Waals surface area contributed by atoms with Crippen LogP contribution in [0.15, 0.2) is 10.1 Å². The maximum absolute atomic E-state index is 11.0. The Kier molecular flexibility index (Phi) is 6.80. The third-order valence-corrected chi connectivity index (χ3v) is 9.01. The molecule has 13 heteroatoms. The molecule has 2 aliphatic carbocycles. The highest BCUT2D eigenvalue weighted by molar-refractivity contribution is 7.99. The van der Waals surface area contributed by atoms with E-state index in [4.69, 9.17) is 25.2 Å². The van der Waals surface area contributed by atoms with Crippen molar-refractivity contribution in [1.82, 2.24) is 9.97 Å². The molecule has 0 bridgehead atoms. The van der Waals surface area contributed by atoms with Gasteiger partial charge in [-0.25, -0.2) is 14.5 Å². The van der Waals surface area contributed by atoms with Crippen molar-refractivity contribution < 1.29 is 33.8 Å². The number of ether oxygens (including phenoxy) is 1. The lowest BCUT2D eigenvalue weighted by Gasteiger charge is -2.20. The molecular formula is C21H31N4O7PS. The van der Waals surface area contributed by atoms with E-state index in [1.807, 2.05) is 0 Å². The SMILES string of the molecule is Nc1nc(SCC2CCCCC2)nc2c1N=CC2C[C@H]1C[C@@]12O[C@H](COP(=O)(O)O)[C@@H](O)[C@H]2O. The lowest BCUT2D eigenvalue weighted by atomic mass is 9.91. The Morgan fingerprint density at radius 2 is 2.00 bits per heavy atom. The van der Waals surface area contributed by atoms with Gasteiger partial charge in [-0.15, -0.1) is 0 Å². The van der Waals surface area contributed by atoms with Crippen molar-refractivity contribution in [1.29, 1.82) is 0 Å². The fraction of sp³-hybridized carbons (Fsp3) is 0.762. The number of aliphatic hydroxyl groups excluding tert-OH is 2. The van der Waals surface area contributed by atoms with Gasteiger partial charge < -0.3 is 30.5 Å². The number of aliphatic hydroxyl groups is 2. The molecule has 0 amide bonds. The van der Waals surface area contributed by atoms with Crippen LogP contribution in [0.25, 0.3) is 0 Å². The fourth-order valence-electron chi connectivity index (χ4n) is 5.52. The van der Waals surface area contributed by atoms with E-state index in [1.165, 1.54) is 32.1 Å². The van der Waals surface area contributed by atoms with Crippen molar-refractivity contribution in [2.75, 3.05) is 18.1 Å². The van der Waals surface area contributed by atoms with E-state index in [-0.39, 0.29) is 11.8 Å². The Bertz CT molecular complexity index is 1000. The van der Waals surface area contributed by atoms with E-state index in [1.54, 1.807) is 18.0 Å².